The summed E-state index contributed by atoms with van der Waals surface area (Å²) in [6, 6.07) is -0.0210. The SMILES string of the molecule is O=C(NCCCOCC1CCCO1)N1CCCC(CO)C1. The van der Waals surface area contributed by atoms with Crippen molar-refractivity contribution in [1.29, 1.82) is 0 Å². The molecule has 0 aromatic heterocycles. The van der Waals surface area contributed by atoms with Gasteiger partial charge < -0.3 is 24.8 Å². The monoisotopic (exact) mass is 300 g/mol. The summed E-state index contributed by atoms with van der Waals surface area (Å²) in [5.41, 5.74) is 0. The first kappa shape index (κ1) is 16.5. The first-order chi connectivity index (χ1) is 10.3. The van der Waals surface area contributed by atoms with E-state index in [1.807, 2.05) is 0 Å². The molecule has 2 atom stereocenters. The van der Waals surface area contributed by atoms with Crippen LogP contribution in [0.3, 0.4) is 0 Å². The molecule has 2 unspecified atom stereocenters. The van der Waals surface area contributed by atoms with E-state index in [-0.39, 0.29) is 24.7 Å². The maximum Gasteiger partial charge on any atom is 0.317 e. The van der Waals surface area contributed by atoms with Gasteiger partial charge in [0, 0.05) is 39.5 Å². The van der Waals surface area contributed by atoms with Gasteiger partial charge >= 0.3 is 6.03 Å². The molecule has 2 rings (SSSR count). The summed E-state index contributed by atoms with van der Waals surface area (Å²) >= 11 is 0. The fourth-order valence-electron chi connectivity index (χ4n) is 2.87. The van der Waals surface area contributed by atoms with Gasteiger partial charge in [0.15, 0.2) is 0 Å². The lowest BCUT2D eigenvalue weighted by atomic mass is 9.99. The Labute approximate surface area is 126 Å². The van der Waals surface area contributed by atoms with Crippen LogP contribution in [0.5, 0.6) is 0 Å². The highest BCUT2D eigenvalue weighted by atomic mass is 16.5. The van der Waals surface area contributed by atoms with E-state index in [2.05, 4.69) is 5.32 Å². The molecule has 122 valence electrons. The van der Waals surface area contributed by atoms with E-state index < -0.39 is 0 Å². The molecule has 2 fully saturated rings. The van der Waals surface area contributed by atoms with Gasteiger partial charge in [-0.1, -0.05) is 0 Å². The average molecular weight is 300 g/mol. The largest absolute Gasteiger partial charge is 0.396 e. The fraction of sp³-hybridized carbons (Fsp3) is 0.933. The quantitative estimate of drug-likeness (QED) is 0.688. The molecular weight excluding hydrogens is 272 g/mol. The molecule has 2 amide bonds. The summed E-state index contributed by atoms with van der Waals surface area (Å²) in [6.07, 6.45) is 5.30. The first-order valence-corrected chi connectivity index (χ1v) is 8.12. The van der Waals surface area contributed by atoms with Crippen molar-refractivity contribution in [2.24, 2.45) is 5.92 Å². The van der Waals surface area contributed by atoms with Gasteiger partial charge in [-0.2, -0.15) is 0 Å². The topological polar surface area (TPSA) is 71.0 Å². The van der Waals surface area contributed by atoms with Gasteiger partial charge in [-0.05, 0) is 38.0 Å². The summed E-state index contributed by atoms with van der Waals surface area (Å²) < 4.78 is 11.0. The zero-order valence-electron chi connectivity index (χ0n) is 12.8. The van der Waals surface area contributed by atoms with Gasteiger partial charge in [0.1, 0.15) is 0 Å². The van der Waals surface area contributed by atoms with E-state index >= 15 is 0 Å². The Kier molecular flexibility index (Phi) is 7.26. The predicted molar refractivity (Wildman–Crippen MR) is 79.2 cm³/mol. The van der Waals surface area contributed by atoms with Crippen LogP contribution in [0.15, 0.2) is 0 Å². The maximum absolute atomic E-state index is 12.0. The Balaban J connectivity index is 1.48. The van der Waals surface area contributed by atoms with Gasteiger partial charge in [0.05, 0.1) is 12.7 Å². The molecule has 2 N–H and O–H groups in total. The number of piperidine rings is 1. The average Bonchev–Trinajstić information content (AvgIpc) is 3.04. The van der Waals surface area contributed by atoms with Gasteiger partial charge in [0.25, 0.3) is 0 Å². The lowest BCUT2D eigenvalue weighted by molar-refractivity contribution is 0.0167. The highest BCUT2D eigenvalue weighted by Crippen LogP contribution is 2.15. The molecule has 0 bridgehead atoms. The molecule has 6 heteroatoms. The Bertz CT molecular complexity index is 308. The maximum atomic E-state index is 12.0. The number of hydrogen-bond acceptors (Lipinski definition) is 4. The summed E-state index contributed by atoms with van der Waals surface area (Å²) in [4.78, 5) is 13.8. The Morgan fingerprint density at radius 2 is 2.29 bits per heavy atom. The van der Waals surface area contributed by atoms with Crippen LogP contribution >= 0.6 is 0 Å². The third-order valence-corrected chi connectivity index (χ3v) is 4.13. The van der Waals surface area contributed by atoms with Gasteiger partial charge in [-0.25, -0.2) is 4.79 Å². The van der Waals surface area contributed by atoms with E-state index in [0.717, 1.165) is 45.3 Å². The zero-order valence-corrected chi connectivity index (χ0v) is 12.8. The van der Waals surface area contributed by atoms with Crippen LogP contribution in [0.4, 0.5) is 4.79 Å². The molecule has 2 aliphatic rings. The van der Waals surface area contributed by atoms with Crippen LogP contribution in [0.2, 0.25) is 0 Å². The number of ether oxygens (including phenoxy) is 2. The first-order valence-electron chi connectivity index (χ1n) is 8.12. The van der Waals surface area contributed by atoms with E-state index in [9.17, 15) is 4.79 Å². The zero-order chi connectivity index (χ0) is 14.9. The molecule has 0 aromatic carbocycles. The highest BCUT2D eigenvalue weighted by molar-refractivity contribution is 5.74. The van der Waals surface area contributed by atoms with E-state index in [0.29, 0.717) is 26.3 Å². The van der Waals surface area contributed by atoms with Crippen molar-refractivity contribution in [2.75, 3.05) is 46.1 Å². The summed E-state index contributed by atoms with van der Waals surface area (Å²) in [6.45, 7) is 4.42. The predicted octanol–water partition coefficient (Wildman–Crippen LogP) is 0.986. The lowest BCUT2D eigenvalue weighted by Crippen LogP contribution is -2.46. The molecule has 6 nitrogen and oxygen atoms in total. The molecule has 2 heterocycles. The summed E-state index contributed by atoms with van der Waals surface area (Å²) in [7, 11) is 0. The minimum absolute atomic E-state index is 0.0210. The molecule has 0 radical (unpaired) electrons. The number of hydrogen-bond donors (Lipinski definition) is 2. The van der Waals surface area contributed by atoms with Crippen LogP contribution < -0.4 is 5.32 Å². The number of aliphatic hydroxyl groups excluding tert-OH is 1. The van der Waals surface area contributed by atoms with Crippen LogP contribution in [-0.2, 0) is 9.47 Å². The van der Waals surface area contributed by atoms with Crippen LogP contribution in [0.1, 0.15) is 32.1 Å². The van der Waals surface area contributed by atoms with Crippen LogP contribution in [-0.4, -0.2) is 68.2 Å². The molecule has 0 spiro atoms. The second-order valence-corrected chi connectivity index (χ2v) is 5.93. The van der Waals surface area contributed by atoms with Gasteiger partial charge in [0.2, 0.25) is 0 Å². The number of carbonyl (C=O) groups is 1. The van der Waals surface area contributed by atoms with Crippen molar-refractivity contribution >= 4 is 6.03 Å². The van der Waals surface area contributed by atoms with Crippen molar-refractivity contribution in [3.8, 4) is 0 Å². The van der Waals surface area contributed by atoms with Crippen molar-refractivity contribution in [1.82, 2.24) is 10.2 Å². The standard InChI is InChI=1S/C15H28N2O4/c18-11-13-4-1-7-17(10-13)15(19)16-6-3-8-20-12-14-5-2-9-21-14/h13-14,18H,1-12H2,(H,16,19). The Morgan fingerprint density at radius 1 is 1.38 bits per heavy atom. The van der Waals surface area contributed by atoms with Crippen molar-refractivity contribution in [2.45, 2.75) is 38.2 Å². The number of nitrogens with one attached hydrogen (secondary N) is 1. The second kappa shape index (κ2) is 9.23. The Hall–Kier alpha value is -0.850. The van der Waals surface area contributed by atoms with Crippen molar-refractivity contribution < 1.29 is 19.4 Å². The molecule has 21 heavy (non-hydrogen) atoms. The molecule has 2 aliphatic heterocycles. The molecule has 0 saturated carbocycles. The van der Waals surface area contributed by atoms with Gasteiger partial charge in [-0.3, -0.25) is 0 Å². The van der Waals surface area contributed by atoms with Gasteiger partial charge in [-0.15, -0.1) is 0 Å². The number of urea groups is 1. The van der Waals surface area contributed by atoms with Crippen molar-refractivity contribution in [3.05, 3.63) is 0 Å². The normalized spacial score (nSPS) is 26.0. The number of likely N-dealkylation sites (tertiary alicyclic amines) is 1. The molecule has 0 aliphatic carbocycles. The molecule has 0 aromatic rings. The number of nitrogens with zero attached hydrogens (tertiary/aromatic N) is 1. The number of rotatable bonds is 7. The minimum atomic E-state index is -0.0210. The summed E-state index contributed by atoms with van der Waals surface area (Å²) in [5.74, 6) is 0.235. The summed E-state index contributed by atoms with van der Waals surface area (Å²) in [5, 5.41) is 12.1. The molecular formula is C15H28N2O4. The number of carbonyl (C=O) groups excluding carboxylic acids is 1. The molecule has 2 saturated heterocycles. The lowest BCUT2D eigenvalue weighted by Gasteiger charge is -2.31. The van der Waals surface area contributed by atoms with E-state index in [1.165, 1.54) is 0 Å². The fourth-order valence-corrected chi connectivity index (χ4v) is 2.87. The number of amides is 2. The number of aliphatic hydroxyl groups is 1. The Morgan fingerprint density at radius 3 is 3.05 bits per heavy atom. The van der Waals surface area contributed by atoms with Crippen LogP contribution in [0.25, 0.3) is 0 Å². The third kappa shape index (κ3) is 5.80. The highest BCUT2D eigenvalue weighted by Gasteiger charge is 2.22. The minimum Gasteiger partial charge on any atom is -0.396 e. The van der Waals surface area contributed by atoms with Crippen molar-refractivity contribution in [3.63, 3.8) is 0 Å². The third-order valence-electron chi connectivity index (χ3n) is 4.13. The van der Waals surface area contributed by atoms with E-state index in [4.69, 9.17) is 14.6 Å². The van der Waals surface area contributed by atoms with Crippen LogP contribution in [0, 0.1) is 5.92 Å². The second-order valence-electron chi connectivity index (χ2n) is 5.93. The van der Waals surface area contributed by atoms with E-state index in [1.54, 1.807) is 4.90 Å². The smallest absolute Gasteiger partial charge is 0.317 e.